The van der Waals surface area contributed by atoms with Crippen LogP contribution in [0.15, 0.2) is 41.7 Å². The third kappa shape index (κ3) is 4.10. The lowest BCUT2D eigenvalue weighted by molar-refractivity contribution is 0.576. The van der Waals surface area contributed by atoms with Crippen LogP contribution in [0.4, 0.5) is 14.5 Å². The van der Waals surface area contributed by atoms with E-state index in [-0.39, 0.29) is 11.7 Å². The molecule has 3 rings (SSSR count). The molecule has 0 radical (unpaired) electrons. The van der Waals surface area contributed by atoms with E-state index in [4.69, 9.17) is 0 Å². The number of anilines is 1. The molecule has 1 aliphatic heterocycles. The van der Waals surface area contributed by atoms with Crippen LogP contribution < -0.4 is 15.5 Å². The van der Waals surface area contributed by atoms with Gasteiger partial charge in [-0.1, -0.05) is 6.07 Å². The van der Waals surface area contributed by atoms with Gasteiger partial charge in [0.15, 0.2) is 5.96 Å². The van der Waals surface area contributed by atoms with E-state index in [1.54, 1.807) is 11.9 Å². The van der Waals surface area contributed by atoms with Gasteiger partial charge in [0.05, 0.1) is 0 Å². The molecule has 0 aliphatic carbocycles. The fraction of sp³-hybridized carbons (Fsp3) is 0.389. The molecule has 7 heteroatoms. The first-order chi connectivity index (χ1) is 12.1. The fourth-order valence-corrected chi connectivity index (χ4v) is 3.11. The molecular formula is C18H23F2N5. The zero-order valence-corrected chi connectivity index (χ0v) is 14.5. The Kier molecular flexibility index (Phi) is 5.21. The lowest BCUT2D eigenvalue weighted by Gasteiger charge is -2.21. The van der Waals surface area contributed by atoms with Crippen molar-refractivity contribution in [2.75, 3.05) is 25.0 Å². The second-order valence-electron chi connectivity index (χ2n) is 6.26. The molecule has 1 saturated heterocycles. The molecule has 1 unspecified atom stereocenters. The van der Waals surface area contributed by atoms with E-state index in [1.807, 2.05) is 30.1 Å². The Balaban J connectivity index is 1.56. The van der Waals surface area contributed by atoms with Crippen LogP contribution in [0.25, 0.3) is 0 Å². The average Bonchev–Trinajstić information content (AvgIpc) is 3.20. The number of hydrogen-bond acceptors (Lipinski definition) is 2. The van der Waals surface area contributed by atoms with E-state index >= 15 is 0 Å². The summed E-state index contributed by atoms with van der Waals surface area (Å²) in [5.41, 5.74) is 1.21. The Labute approximate surface area is 146 Å². The van der Waals surface area contributed by atoms with E-state index in [0.29, 0.717) is 25.6 Å². The van der Waals surface area contributed by atoms with Gasteiger partial charge < -0.3 is 20.1 Å². The number of aromatic nitrogens is 1. The van der Waals surface area contributed by atoms with Crippen molar-refractivity contribution in [2.45, 2.75) is 19.0 Å². The van der Waals surface area contributed by atoms with Crippen LogP contribution in [-0.4, -0.2) is 36.7 Å². The molecule has 0 spiro atoms. The fourth-order valence-electron chi connectivity index (χ4n) is 3.11. The van der Waals surface area contributed by atoms with Gasteiger partial charge in [-0.25, -0.2) is 8.78 Å². The van der Waals surface area contributed by atoms with Crippen LogP contribution in [0, 0.1) is 11.6 Å². The zero-order chi connectivity index (χ0) is 17.8. The maximum absolute atomic E-state index is 13.9. The highest BCUT2D eigenvalue weighted by atomic mass is 19.1. The van der Waals surface area contributed by atoms with Crippen molar-refractivity contribution < 1.29 is 8.78 Å². The minimum absolute atomic E-state index is 0.0547. The van der Waals surface area contributed by atoms with Crippen molar-refractivity contribution in [3.63, 3.8) is 0 Å². The van der Waals surface area contributed by atoms with Crippen molar-refractivity contribution in [3.8, 4) is 0 Å². The van der Waals surface area contributed by atoms with E-state index in [9.17, 15) is 8.78 Å². The second-order valence-corrected chi connectivity index (χ2v) is 6.26. The van der Waals surface area contributed by atoms with Crippen molar-refractivity contribution >= 4 is 11.6 Å². The number of aliphatic imine (C=N–C) groups is 1. The summed E-state index contributed by atoms with van der Waals surface area (Å²) in [4.78, 5) is 5.97. The molecular weight excluding hydrogens is 324 g/mol. The van der Waals surface area contributed by atoms with Gasteiger partial charge in [-0.3, -0.25) is 4.99 Å². The van der Waals surface area contributed by atoms with Crippen LogP contribution in [0.2, 0.25) is 0 Å². The monoisotopic (exact) mass is 347 g/mol. The number of hydrogen-bond donors (Lipinski definition) is 2. The third-order valence-electron chi connectivity index (χ3n) is 4.36. The summed E-state index contributed by atoms with van der Waals surface area (Å²) >= 11 is 0. The lowest BCUT2D eigenvalue weighted by Crippen LogP contribution is -2.44. The quantitative estimate of drug-likeness (QED) is 0.659. The number of nitrogens with zero attached hydrogens (tertiary/aromatic N) is 3. The van der Waals surface area contributed by atoms with Gasteiger partial charge >= 0.3 is 0 Å². The normalized spacial score (nSPS) is 17.8. The predicted octanol–water partition coefficient (Wildman–Crippen LogP) is 2.25. The Morgan fingerprint density at radius 3 is 2.68 bits per heavy atom. The van der Waals surface area contributed by atoms with E-state index in [2.05, 4.69) is 15.6 Å². The predicted molar refractivity (Wildman–Crippen MR) is 95.7 cm³/mol. The number of guanidine groups is 1. The van der Waals surface area contributed by atoms with Crippen LogP contribution in [-0.2, 0) is 13.6 Å². The van der Waals surface area contributed by atoms with Crippen LogP contribution in [0.5, 0.6) is 0 Å². The van der Waals surface area contributed by atoms with Crippen molar-refractivity contribution in [2.24, 2.45) is 12.0 Å². The SMILES string of the molecule is CN=C(NCc1ccn(C)c1)NC1CCN(c2c(F)cccc2F)C1. The number of nitrogens with one attached hydrogen (secondary N) is 2. The molecule has 1 fully saturated rings. The van der Waals surface area contributed by atoms with Crippen molar-refractivity contribution in [1.82, 2.24) is 15.2 Å². The molecule has 0 amide bonds. The zero-order valence-electron chi connectivity index (χ0n) is 14.5. The number of halogens is 2. The first-order valence-corrected chi connectivity index (χ1v) is 8.34. The van der Waals surface area contributed by atoms with Gasteiger partial charge in [0.25, 0.3) is 0 Å². The summed E-state index contributed by atoms with van der Waals surface area (Å²) in [5, 5.41) is 6.59. The van der Waals surface area contributed by atoms with Gasteiger partial charge in [-0.05, 0) is 30.2 Å². The van der Waals surface area contributed by atoms with Crippen molar-refractivity contribution in [1.29, 1.82) is 0 Å². The van der Waals surface area contributed by atoms with Crippen LogP contribution >= 0.6 is 0 Å². The molecule has 0 saturated carbocycles. The maximum Gasteiger partial charge on any atom is 0.191 e. The Morgan fingerprint density at radius 2 is 2.04 bits per heavy atom. The molecule has 5 nitrogen and oxygen atoms in total. The van der Waals surface area contributed by atoms with E-state index in [0.717, 1.165) is 12.0 Å². The Morgan fingerprint density at radius 1 is 1.28 bits per heavy atom. The molecule has 2 heterocycles. The molecule has 2 aromatic rings. The lowest BCUT2D eigenvalue weighted by atomic mass is 10.2. The smallest absolute Gasteiger partial charge is 0.191 e. The minimum atomic E-state index is -0.521. The highest BCUT2D eigenvalue weighted by Gasteiger charge is 2.27. The first kappa shape index (κ1) is 17.3. The topological polar surface area (TPSA) is 44.6 Å². The van der Waals surface area contributed by atoms with E-state index < -0.39 is 11.6 Å². The molecule has 2 N–H and O–H groups in total. The number of para-hydroxylation sites is 1. The molecule has 1 atom stereocenters. The Hall–Kier alpha value is -2.57. The van der Waals surface area contributed by atoms with Gasteiger partial charge in [-0.2, -0.15) is 0 Å². The maximum atomic E-state index is 13.9. The summed E-state index contributed by atoms with van der Waals surface area (Å²) in [7, 11) is 3.69. The van der Waals surface area contributed by atoms with Gasteiger partial charge in [0.2, 0.25) is 0 Å². The number of aryl methyl sites for hydroxylation is 1. The van der Waals surface area contributed by atoms with Gasteiger partial charge in [0.1, 0.15) is 17.3 Å². The largest absolute Gasteiger partial charge is 0.365 e. The van der Waals surface area contributed by atoms with E-state index in [1.165, 1.54) is 18.2 Å². The summed E-state index contributed by atoms with van der Waals surface area (Å²) < 4.78 is 29.8. The van der Waals surface area contributed by atoms with Gasteiger partial charge in [0, 0.05) is 52.2 Å². The van der Waals surface area contributed by atoms with Crippen LogP contribution in [0.1, 0.15) is 12.0 Å². The van der Waals surface area contributed by atoms with Crippen molar-refractivity contribution in [3.05, 3.63) is 53.9 Å². The molecule has 25 heavy (non-hydrogen) atoms. The molecule has 1 aromatic carbocycles. The van der Waals surface area contributed by atoms with Gasteiger partial charge in [-0.15, -0.1) is 0 Å². The highest BCUT2D eigenvalue weighted by molar-refractivity contribution is 5.80. The molecule has 1 aromatic heterocycles. The molecule has 134 valence electrons. The minimum Gasteiger partial charge on any atom is -0.365 e. The average molecular weight is 347 g/mol. The summed E-state index contributed by atoms with van der Waals surface area (Å²) in [6, 6.07) is 6.09. The Bertz CT molecular complexity index is 735. The highest BCUT2D eigenvalue weighted by Crippen LogP contribution is 2.26. The molecule has 1 aliphatic rings. The second kappa shape index (κ2) is 7.55. The first-order valence-electron chi connectivity index (χ1n) is 8.34. The molecule has 0 bridgehead atoms. The number of benzene rings is 1. The standard InChI is InChI=1S/C18H23F2N5/c1-21-18(22-10-13-6-8-24(2)11-13)23-14-7-9-25(12-14)17-15(19)4-3-5-16(17)20/h3-6,8,11,14H,7,9-10,12H2,1-2H3,(H2,21,22,23). The summed E-state index contributed by atoms with van der Waals surface area (Å²) in [5.74, 6) is -0.357. The summed E-state index contributed by atoms with van der Waals surface area (Å²) in [6.45, 7) is 1.80. The number of rotatable bonds is 4. The van der Waals surface area contributed by atoms with Crippen LogP contribution in [0.3, 0.4) is 0 Å². The summed E-state index contributed by atoms with van der Waals surface area (Å²) in [6.07, 6.45) is 4.82. The third-order valence-corrected chi connectivity index (χ3v) is 4.36.